The Morgan fingerprint density at radius 3 is 2.21 bits per heavy atom. The first kappa shape index (κ1) is 29.4. The Morgan fingerprint density at radius 2 is 1.61 bits per heavy atom. The zero-order chi connectivity index (χ0) is 27.9. The number of carbonyl (C=O) groups is 2. The molecule has 0 aliphatic heterocycles. The van der Waals surface area contributed by atoms with Gasteiger partial charge in [-0.25, -0.2) is 8.42 Å². The van der Waals surface area contributed by atoms with Gasteiger partial charge < -0.3 is 10.2 Å². The van der Waals surface area contributed by atoms with Crippen LogP contribution in [0.2, 0.25) is 0 Å². The summed E-state index contributed by atoms with van der Waals surface area (Å²) in [6.45, 7) is 7.08. The van der Waals surface area contributed by atoms with E-state index < -0.39 is 28.5 Å². The van der Waals surface area contributed by atoms with E-state index in [2.05, 4.69) is 21.2 Å². The fourth-order valence-electron chi connectivity index (χ4n) is 3.87. The number of hydrogen-bond donors (Lipinski definition) is 1. The first-order valence-corrected chi connectivity index (χ1v) is 14.7. The number of anilines is 1. The first-order chi connectivity index (χ1) is 18.0. The molecule has 0 saturated carbocycles. The van der Waals surface area contributed by atoms with Crippen LogP contribution in [0.4, 0.5) is 5.69 Å². The lowest BCUT2D eigenvalue weighted by molar-refractivity contribution is -0.139. The van der Waals surface area contributed by atoms with Crippen LogP contribution in [0.25, 0.3) is 0 Å². The van der Waals surface area contributed by atoms with Crippen LogP contribution in [0, 0.1) is 6.92 Å². The highest BCUT2D eigenvalue weighted by Gasteiger charge is 2.32. The number of nitrogens with zero attached hydrogens (tertiary/aromatic N) is 2. The van der Waals surface area contributed by atoms with Crippen LogP contribution < -0.4 is 9.62 Å². The van der Waals surface area contributed by atoms with E-state index in [-0.39, 0.29) is 23.4 Å². The second kappa shape index (κ2) is 13.1. The number of amides is 2. The summed E-state index contributed by atoms with van der Waals surface area (Å²) in [6, 6.07) is 21.6. The van der Waals surface area contributed by atoms with Gasteiger partial charge in [-0.2, -0.15) is 0 Å². The molecule has 0 aliphatic rings. The normalized spacial score (nSPS) is 12.9. The maximum atomic E-state index is 13.9. The van der Waals surface area contributed by atoms with Crippen molar-refractivity contribution in [3.8, 4) is 0 Å². The number of rotatable bonds is 11. The van der Waals surface area contributed by atoms with Gasteiger partial charge in [-0.05, 0) is 74.7 Å². The van der Waals surface area contributed by atoms with Gasteiger partial charge in [-0.1, -0.05) is 65.3 Å². The summed E-state index contributed by atoms with van der Waals surface area (Å²) in [5.74, 6) is -0.779. The van der Waals surface area contributed by atoms with Gasteiger partial charge in [0.2, 0.25) is 11.8 Å². The van der Waals surface area contributed by atoms with E-state index >= 15 is 0 Å². The number of aryl methyl sites for hydroxylation is 1. The lowest BCUT2D eigenvalue weighted by Gasteiger charge is -2.32. The minimum Gasteiger partial charge on any atom is -0.352 e. The van der Waals surface area contributed by atoms with Crippen LogP contribution in [0.5, 0.6) is 0 Å². The molecule has 3 rings (SSSR count). The van der Waals surface area contributed by atoms with Gasteiger partial charge in [-0.15, -0.1) is 0 Å². The third-order valence-electron chi connectivity index (χ3n) is 6.33. The van der Waals surface area contributed by atoms with Gasteiger partial charge in [0, 0.05) is 17.1 Å². The summed E-state index contributed by atoms with van der Waals surface area (Å²) in [4.78, 5) is 28.5. The Bertz CT molecular complexity index is 1350. The molecular weight excluding hydrogens is 566 g/mol. The third kappa shape index (κ3) is 7.45. The van der Waals surface area contributed by atoms with Crippen molar-refractivity contribution in [2.45, 2.75) is 57.6 Å². The van der Waals surface area contributed by atoms with Crippen molar-refractivity contribution in [1.29, 1.82) is 0 Å². The van der Waals surface area contributed by atoms with Gasteiger partial charge >= 0.3 is 0 Å². The molecule has 0 spiro atoms. The van der Waals surface area contributed by atoms with Crippen LogP contribution in [-0.4, -0.2) is 43.8 Å². The van der Waals surface area contributed by atoms with Crippen molar-refractivity contribution in [3.05, 3.63) is 94.5 Å². The number of halogens is 1. The molecule has 38 heavy (non-hydrogen) atoms. The van der Waals surface area contributed by atoms with E-state index in [1.807, 2.05) is 51.1 Å². The van der Waals surface area contributed by atoms with Gasteiger partial charge in [0.25, 0.3) is 10.0 Å². The number of benzene rings is 3. The van der Waals surface area contributed by atoms with Crippen molar-refractivity contribution < 1.29 is 18.0 Å². The summed E-state index contributed by atoms with van der Waals surface area (Å²) >= 11 is 3.42. The molecule has 2 unspecified atom stereocenters. The molecule has 202 valence electrons. The van der Waals surface area contributed by atoms with Gasteiger partial charge in [0.15, 0.2) is 0 Å². The van der Waals surface area contributed by atoms with Crippen molar-refractivity contribution in [2.24, 2.45) is 0 Å². The molecule has 0 radical (unpaired) electrons. The smallest absolute Gasteiger partial charge is 0.264 e. The fraction of sp³-hybridized carbons (Fsp3) is 0.310. The molecule has 7 nitrogen and oxygen atoms in total. The van der Waals surface area contributed by atoms with E-state index in [9.17, 15) is 18.0 Å². The average molecular weight is 601 g/mol. The van der Waals surface area contributed by atoms with Crippen molar-refractivity contribution >= 4 is 43.5 Å². The molecule has 1 N–H and O–H groups in total. The number of sulfonamides is 1. The molecule has 2 amide bonds. The van der Waals surface area contributed by atoms with Crippen molar-refractivity contribution in [3.63, 3.8) is 0 Å². The van der Waals surface area contributed by atoms with Crippen LogP contribution in [0.1, 0.15) is 38.3 Å². The minimum atomic E-state index is -4.07. The lowest BCUT2D eigenvalue weighted by atomic mass is 10.1. The standard InChI is InChI=1S/C29H34BrN3O4S/c1-5-22(3)31-29(35)23(4)32(19-24-14-16-25(30)17-15-24)28(34)20-33(26-11-9-10-21(2)18-26)38(36,37)27-12-7-6-8-13-27/h6-18,22-23H,5,19-20H2,1-4H3,(H,31,35). The quantitative estimate of drug-likeness (QED) is 0.324. The van der Waals surface area contributed by atoms with Gasteiger partial charge in [-0.3, -0.25) is 13.9 Å². The van der Waals surface area contributed by atoms with Crippen LogP contribution in [0.15, 0.2) is 88.2 Å². The number of carbonyl (C=O) groups excluding carboxylic acids is 2. The molecule has 0 saturated heterocycles. The van der Waals surface area contributed by atoms with Crippen molar-refractivity contribution in [2.75, 3.05) is 10.8 Å². The second-order valence-corrected chi connectivity index (χ2v) is 12.1. The highest BCUT2D eigenvalue weighted by Crippen LogP contribution is 2.25. The molecule has 0 fully saturated rings. The highest BCUT2D eigenvalue weighted by molar-refractivity contribution is 9.10. The largest absolute Gasteiger partial charge is 0.352 e. The van der Waals surface area contributed by atoms with E-state index in [0.717, 1.165) is 26.3 Å². The highest BCUT2D eigenvalue weighted by atomic mass is 79.9. The summed E-state index contributed by atoms with van der Waals surface area (Å²) < 4.78 is 29.5. The molecule has 0 aliphatic carbocycles. The molecule has 0 heterocycles. The molecular formula is C29H34BrN3O4S. The number of nitrogens with one attached hydrogen (secondary N) is 1. The van der Waals surface area contributed by atoms with E-state index in [4.69, 9.17) is 0 Å². The van der Waals surface area contributed by atoms with Crippen LogP contribution in [0.3, 0.4) is 0 Å². The third-order valence-corrected chi connectivity index (χ3v) is 8.65. The maximum Gasteiger partial charge on any atom is 0.264 e. The average Bonchev–Trinajstić information content (AvgIpc) is 2.91. The Kier molecular flexibility index (Phi) is 10.1. The topological polar surface area (TPSA) is 86.8 Å². The van der Waals surface area contributed by atoms with E-state index in [1.54, 1.807) is 43.3 Å². The summed E-state index contributed by atoms with van der Waals surface area (Å²) in [7, 11) is -4.07. The summed E-state index contributed by atoms with van der Waals surface area (Å²) in [5, 5.41) is 2.94. The Balaban J connectivity index is 2.01. The van der Waals surface area contributed by atoms with Crippen LogP contribution >= 0.6 is 15.9 Å². The Morgan fingerprint density at radius 1 is 0.947 bits per heavy atom. The minimum absolute atomic E-state index is 0.0585. The van der Waals surface area contributed by atoms with Gasteiger partial charge in [0.1, 0.15) is 12.6 Å². The van der Waals surface area contributed by atoms with Crippen molar-refractivity contribution in [1.82, 2.24) is 10.2 Å². The Hall–Kier alpha value is -3.17. The summed E-state index contributed by atoms with van der Waals surface area (Å²) in [5.41, 5.74) is 2.05. The monoisotopic (exact) mass is 599 g/mol. The van der Waals surface area contributed by atoms with E-state index in [1.165, 1.54) is 17.0 Å². The predicted molar refractivity (Wildman–Crippen MR) is 154 cm³/mol. The first-order valence-electron chi connectivity index (χ1n) is 12.5. The lowest BCUT2D eigenvalue weighted by Crippen LogP contribution is -2.52. The van der Waals surface area contributed by atoms with E-state index in [0.29, 0.717) is 5.69 Å². The fourth-order valence-corrected chi connectivity index (χ4v) is 5.56. The zero-order valence-corrected chi connectivity index (χ0v) is 24.5. The predicted octanol–water partition coefficient (Wildman–Crippen LogP) is 5.28. The SMILES string of the molecule is CCC(C)NC(=O)C(C)N(Cc1ccc(Br)cc1)C(=O)CN(c1cccc(C)c1)S(=O)(=O)c1ccccc1. The molecule has 2 atom stereocenters. The molecule has 3 aromatic rings. The maximum absolute atomic E-state index is 13.9. The zero-order valence-electron chi connectivity index (χ0n) is 22.1. The summed E-state index contributed by atoms with van der Waals surface area (Å²) in [6.07, 6.45) is 0.746. The molecule has 9 heteroatoms. The van der Waals surface area contributed by atoms with Gasteiger partial charge in [0.05, 0.1) is 10.6 Å². The molecule has 0 bridgehead atoms. The number of hydrogen-bond acceptors (Lipinski definition) is 4. The molecule has 0 aromatic heterocycles. The molecule has 3 aromatic carbocycles. The second-order valence-electron chi connectivity index (χ2n) is 9.31. The Labute approximate surface area is 234 Å². The van der Waals surface area contributed by atoms with Crippen LogP contribution in [-0.2, 0) is 26.2 Å².